The number of amides is 1. The quantitative estimate of drug-likeness (QED) is 0.388. The summed E-state index contributed by atoms with van der Waals surface area (Å²) in [6, 6.07) is 15.7. The first-order valence-electron chi connectivity index (χ1n) is 9.09. The average molecular weight is 381 g/mol. The molecule has 0 aliphatic carbocycles. The van der Waals surface area contributed by atoms with Crippen molar-refractivity contribution >= 4 is 17.7 Å². The lowest BCUT2D eigenvalue weighted by Crippen LogP contribution is -2.23. The van der Waals surface area contributed by atoms with Gasteiger partial charge in [-0.25, -0.2) is 4.79 Å². The maximum absolute atomic E-state index is 10.5. The highest BCUT2D eigenvalue weighted by Crippen LogP contribution is 2.20. The van der Waals surface area contributed by atoms with E-state index in [1.54, 1.807) is 0 Å². The van der Waals surface area contributed by atoms with Gasteiger partial charge in [0.1, 0.15) is 0 Å². The molecule has 0 unspecified atom stereocenters. The number of carboxylic acid groups (broad SMARTS) is 1. The van der Waals surface area contributed by atoms with Crippen molar-refractivity contribution in [3.63, 3.8) is 0 Å². The van der Waals surface area contributed by atoms with E-state index >= 15 is 0 Å². The number of hydrogen-bond acceptors (Lipinski definition) is 5. The molecule has 3 aromatic rings. The number of anilines is 2. The Morgan fingerprint density at radius 1 is 1.04 bits per heavy atom. The van der Waals surface area contributed by atoms with E-state index in [0.29, 0.717) is 24.7 Å². The number of hydrogen-bond donors (Lipinski definition) is 5. The van der Waals surface area contributed by atoms with E-state index in [1.807, 2.05) is 48.5 Å². The predicted molar refractivity (Wildman–Crippen MR) is 107 cm³/mol. The van der Waals surface area contributed by atoms with Crippen molar-refractivity contribution in [1.29, 1.82) is 0 Å². The summed E-state index contributed by atoms with van der Waals surface area (Å²) in [7, 11) is 0. The zero-order valence-corrected chi connectivity index (χ0v) is 15.4. The summed E-state index contributed by atoms with van der Waals surface area (Å²) in [5.74, 6) is 1.21. The molecule has 1 heterocycles. The molecule has 146 valence electrons. The lowest BCUT2D eigenvalue weighted by molar-refractivity contribution is 0.194. The molecule has 0 aliphatic rings. The molecule has 1 aromatic heterocycles. The number of aromatic nitrogens is 3. The molecule has 8 nitrogen and oxygen atoms in total. The van der Waals surface area contributed by atoms with Crippen LogP contribution in [0.2, 0.25) is 0 Å². The third-order valence-corrected chi connectivity index (χ3v) is 4.22. The fourth-order valence-electron chi connectivity index (χ4n) is 2.81. The van der Waals surface area contributed by atoms with Gasteiger partial charge in [0, 0.05) is 24.4 Å². The van der Waals surface area contributed by atoms with Gasteiger partial charge in [0.25, 0.3) is 0 Å². The number of aliphatic hydroxyl groups is 1. The molecule has 0 saturated carbocycles. The second kappa shape index (κ2) is 9.52. The van der Waals surface area contributed by atoms with Gasteiger partial charge >= 0.3 is 6.09 Å². The van der Waals surface area contributed by atoms with E-state index in [1.165, 1.54) is 0 Å². The van der Waals surface area contributed by atoms with E-state index in [9.17, 15) is 4.79 Å². The van der Waals surface area contributed by atoms with Gasteiger partial charge in [-0.3, -0.25) is 0 Å². The summed E-state index contributed by atoms with van der Waals surface area (Å²) >= 11 is 0. The summed E-state index contributed by atoms with van der Waals surface area (Å²) in [6.07, 6.45) is 1.16. The van der Waals surface area contributed by atoms with Crippen LogP contribution >= 0.6 is 0 Å². The molecule has 0 atom stereocenters. The number of rotatable bonds is 9. The molecule has 3 rings (SSSR count). The zero-order chi connectivity index (χ0) is 19.8. The molecule has 0 fully saturated rings. The highest BCUT2D eigenvalue weighted by molar-refractivity contribution is 5.64. The van der Waals surface area contributed by atoms with E-state index in [2.05, 4.69) is 25.8 Å². The van der Waals surface area contributed by atoms with Crippen LogP contribution < -0.4 is 10.6 Å². The first kappa shape index (κ1) is 19.4. The average Bonchev–Trinajstić information content (AvgIpc) is 3.16. The number of nitrogens with one attached hydrogen (secondary N) is 3. The summed E-state index contributed by atoms with van der Waals surface area (Å²) < 4.78 is 0. The number of aliphatic hydroxyl groups excluding tert-OH is 1. The first-order valence-corrected chi connectivity index (χ1v) is 9.09. The standard InChI is InChI=1S/C20H23N5O3/c26-12-2-4-15-3-1-5-16(13-15)18-23-19(25-24-18)22-17-8-6-14(7-9-17)10-11-21-20(27)28/h1,3,5-9,13,21,26H,2,4,10-12H2,(H,27,28)(H2,22,23,24,25). The van der Waals surface area contributed by atoms with Gasteiger partial charge in [0.15, 0.2) is 5.82 Å². The van der Waals surface area contributed by atoms with Crippen molar-refractivity contribution in [1.82, 2.24) is 20.5 Å². The summed E-state index contributed by atoms with van der Waals surface area (Å²) in [5.41, 5.74) is 3.98. The van der Waals surface area contributed by atoms with Gasteiger partial charge in [-0.15, -0.1) is 10.2 Å². The van der Waals surface area contributed by atoms with Crippen LogP contribution in [0.15, 0.2) is 48.5 Å². The smallest absolute Gasteiger partial charge is 0.404 e. The van der Waals surface area contributed by atoms with Crippen LogP contribution in [0.25, 0.3) is 11.4 Å². The maximum atomic E-state index is 10.5. The third-order valence-electron chi connectivity index (χ3n) is 4.22. The van der Waals surface area contributed by atoms with Gasteiger partial charge in [0.2, 0.25) is 5.95 Å². The minimum absolute atomic E-state index is 0.176. The van der Waals surface area contributed by atoms with E-state index in [-0.39, 0.29) is 6.61 Å². The number of H-pyrrole nitrogens is 1. The Morgan fingerprint density at radius 3 is 2.61 bits per heavy atom. The molecular formula is C20H23N5O3. The topological polar surface area (TPSA) is 123 Å². The molecule has 2 aromatic carbocycles. The predicted octanol–water partition coefficient (Wildman–Crippen LogP) is 2.95. The second-order valence-electron chi connectivity index (χ2n) is 6.35. The van der Waals surface area contributed by atoms with Crippen LogP contribution in [0.4, 0.5) is 16.4 Å². The van der Waals surface area contributed by atoms with Crippen molar-refractivity contribution < 1.29 is 15.0 Å². The summed E-state index contributed by atoms with van der Waals surface area (Å²) in [5, 5.41) is 31.4. The second-order valence-corrected chi connectivity index (χ2v) is 6.35. The number of aromatic amines is 1. The fourth-order valence-corrected chi connectivity index (χ4v) is 2.81. The molecule has 0 radical (unpaired) electrons. The molecule has 0 aliphatic heterocycles. The Morgan fingerprint density at radius 2 is 1.86 bits per heavy atom. The van der Waals surface area contributed by atoms with Crippen molar-refractivity contribution in [2.75, 3.05) is 18.5 Å². The van der Waals surface area contributed by atoms with Crippen molar-refractivity contribution in [2.24, 2.45) is 0 Å². The molecule has 5 N–H and O–H groups in total. The van der Waals surface area contributed by atoms with E-state index in [0.717, 1.165) is 35.2 Å². The Labute approximate surface area is 162 Å². The van der Waals surface area contributed by atoms with Crippen molar-refractivity contribution in [3.05, 3.63) is 59.7 Å². The zero-order valence-electron chi connectivity index (χ0n) is 15.4. The van der Waals surface area contributed by atoms with Crippen LogP contribution in [0.5, 0.6) is 0 Å². The number of carbonyl (C=O) groups is 1. The molecule has 0 bridgehead atoms. The minimum atomic E-state index is -1.02. The van der Waals surface area contributed by atoms with Gasteiger partial charge in [-0.05, 0) is 48.6 Å². The third kappa shape index (κ3) is 5.55. The Balaban J connectivity index is 1.61. The number of nitrogens with zero attached hydrogens (tertiary/aromatic N) is 2. The van der Waals surface area contributed by atoms with Gasteiger partial charge in [-0.1, -0.05) is 30.3 Å². The Hall–Kier alpha value is -3.39. The summed E-state index contributed by atoms with van der Waals surface area (Å²) in [4.78, 5) is 13.6. The Kier molecular flexibility index (Phi) is 6.59. The number of aryl methyl sites for hydroxylation is 1. The first-order chi connectivity index (χ1) is 13.6. The largest absolute Gasteiger partial charge is 0.465 e. The van der Waals surface area contributed by atoms with Gasteiger partial charge in [0.05, 0.1) is 0 Å². The molecule has 28 heavy (non-hydrogen) atoms. The SMILES string of the molecule is O=C(O)NCCc1ccc(Nc2nnc(-c3cccc(CCCO)c3)[nH]2)cc1. The molecule has 0 spiro atoms. The fraction of sp³-hybridized carbons (Fsp3) is 0.250. The lowest BCUT2D eigenvalue weighted by atomic mass is 10.1. The van der Waals surface area contributed by atoms with Crippen LogP contribution in [0, 0.1) is 0 Å². The van der Waals surface area contributed by atoms with E-state index < -0.39 is 6.09 Å². The normalized spacial score (nSPS) is 10.6. The van der Waals surface area contributed by atoms with Gasteiger partial charge < -0.3 is 25.8 Å². The van der Waals surface area contributed by atoms with Crippen molar-refractivity contribution in [2.45, 2.75) is 19.3 Å². The lowest BCUT2D eigenvalue weighted by Gasteiger charge is -2.05. The minimum Gasteiger partial charge on any atom is -0.465 e. The van der Waals surface area contributed by atoms with Crippen molar-refractivity contribution in [3.8, 4) is 11.4 Å². The van der Waals surface area contributed by atoms with E-state index in [4.69, 9.17) is 10.2 Å². The molecular weight excluding hydrogens is 358 g/mol. The van der Waals surface area contributed by atoms with Crippen LogP contribution in [-0.2, 0) is 12.8 Å². The molecule has 8 heteroatoms. The maximum Gasteiger partial charge on any atom is 0.404 e. The highest BCUT2D eigenvalue weighted by Gasteiger charge is 2.07. The summed E-state index contributed by atoms with van der Waals surface area (Å²) in [6.45, 7) is 0.556. The van der Waals surface area contributed by atoms with Crippen LogP contribution in [0.3, 0.4) is 0 Å². The Bertz CT molecular complexity index is 908. The number of benzene rings is 2. The molecule has 0 saturated heterocycles. The van der Waals surface area contributed by atoms with Crippen LogP contribution in [-0.4, -0.2) is 44.6 Å². The monoisotopic (exact) mass is 381 g/mol. The highest BCUT2D eigenvalue weighted by atomic mass is 16.4. The molecule has 1 amide bonds. The van der Waals surface area contributed by atoms with Crippen LogP contribution in [0.1, 0.15) is 17.5 Å². The van der Waals surface area contributed by atoms with Gasteiger partial charge in [-0.2, -0.15) is 0 Å².